The number of nitrogens with zero attached hydrogens (tertiary/aromatic N) is 4. The highest BCUT2D eigenvalue weighted by atomic mass is 19.1. The average molecular weight is 333 g/mol. The highest BCUT2D eigenvalue weighted by molar-refractivity contribution is 5.97. The van der Waals surface area contributed by atoms with Crippen molar-refractivity contribution < 1.29 is 4.39 Å². The molecule has 0 radical (unpaired) electrons. The molecule has 0 amide bonds. The van der Waals surface area contributed by atoms with E-state index in [1.807, 2.05) is 44.2 Å². The minimum absolute atomic E-state index is 0.304. The van der Waals surface area contributed by atoms with Crippen LogP contribution in [0, 0.1) is 19.7 Å². The van der Waals surface area contributed by atoms with Crippen LogP contribution >= 0.6 is 0 Å². The number of aryl methyl sites for hydroxylation is 2. The van der Waals surface area contributed by atoms with Crippen molar-refractivity contribution in [2.45, 2.75) is 13.8 Å². The van der Waals surface area contributed by atoms with Crippen molar-refractivity contribution >= 4 is 22.3 Å². The lowest BCUT2D eigenvalue weighted by Gasteiger charge is -2.12. The highest BCUT2D eigenvalue weighted by Gasteiger charge is 2.13. The summed E-state index contributed by atoms with van der Waals surface area (Å²) in [5.74, 6) is 0.944. The summed E-state index contributed by atoms with van der Waals surface area (Å²) >= 11 is 0. The highest BCUT2D eigenvalue weighted by Crippen LogP contribution is 2.28. The summed E-state index contributed by atoms with van der Waals surface area (Å²) in [4.78, 5) is 0. The topological polar surface area (TPSA) is 55.6 Å². The van der Waals surface area contributed by atoms with Crippen LogP contribution in [-0.4, -0.2) is 20.0 Å². The molecule has 0 atom stereocenters. The molecule has 4 rings (SSSR count). The van der Waals surface area contributed by atoms with Gasteiger partial charge in [0.05, 0.1) is 5.69 Å². The third-order valence-corrected chi connectivity index (χ3v) is 3.97. The van der Waals surface area contributed by atoms with E-state index in [1.165, 1.54) is 12.1 Å². The van der Waals surface area contributed by atoms with Crippen molar-refractivity contribution in [3.05, 3.63) is 71.8 Å². The van der Waals surface area contributed by atoms with E-state index in [1.54, 1.807) is 16.8 Å². The van der Waals surface area contributed by atoms with Gasteiger partial charge in [0.2, 0.25) is 0 Å². The van der Waals surface area contributed by atoms with Gasteiger partial charge in [0.25, 0.3) is 0 Å². The summed E-state index contributed by atoms with van der Waals surface area (Å²) in [6, 6.07) is 16.1. The maximum atomic E-state index is 13.4. The molecule has 0 aliphatic heterocycles. The van der Waals surface area contributed by atoms with E-state index < -0.39 is 0 Å². The van der Waals surface area contributed by atoms with E-state index in [-0.39, 0.29) is 5.82 Å². The van der Waals surface area contributed by atoms with Gasteiger partial charge < -0.3 is 5.32 Å². The molecule has 25 heavy (non-hydrogen) atoms. The van der Waals surface area contributed by atoms with Crippen molar-refractivity contribution in [3.8, 4) is 5.82 Å². The Kier molecular flexibility index (Phi) is 3.65. The first-order valence-corrected chi connectivity index (χ1v) is 7.93. The molecule has 6 heteroatoms. The van der Waals surface area contributed by atoms with Crippen LogP contribution in [0.4, 0.5) is 15.9 Å². The van der Waals surface area contributed by atoms with Crippen molar-refractivity contribution in [2.75, 3.05) is 5.32 Å². The summed E-state index contributed by atoms with van der Waals surface area (Å²) in [6.07, 6.45) is 0. The Hall–Kier alpha value is -3.28. The molecule has 1 N–H and O–H groups in total. The van der Waals surface area contributed by atoms with E-state index in [4.69, 9.17) is 0 Å². The van der Waals surface area contributed by atoms with Gasteiger partial charge in [0, 0.05) is 22.2 Å². The van der Waals surface area contributed by atoms with Crippen LogP contribution in [-0.2, 0) is 0 Å². The maximum Gasteiger partial charge on any atom is 0.183 e. The van der Waals surface area contributed by atoms with Crippen molar-refractivity contribution in [1.29, 1.82) is 0 Å². The number of aromatic nitrogens is 4. The zero-order valence-corrected chi connectivity index (χ0v) is 13.9. The van der Waals surface area contributed by atoms with Gasteiger partial charge in [-0.2, -0.15) is 5.10 Å². The van der Waals surface area contributed by atoms with Crippen LogP contribution in [0.25, 0.3) is 16.6 Å². The van der Waals surface area contributed by atoms with E-state index >= 15 is 0 Å². The number of benzene rings is 2. The van der Waals surface area contributed by atoms with Gasteiger partial charge in [-0.05, 0) is 38.1 Å². The molecule has 2 aromatic heterocycles. The molecule has 0 saturated heterocycles. The van der Waals surface area contributed by atoms with Crippen LogP contribution in [0.5, 0.6) is 0 Å². The number of anilines is 2. The molecule has 0 aliphatic carbocycles. The van der Waals surface area contributed by atoms with Gasteiger partial charge in [-0.25, -0.2) is 9.07 Å². The van der Waals surface area contributed by atoms with Gasteiger partial charge in [-0.3, -0.25) is 0 Å². The molecular formula is C19H16FN5. The van der Waals surface area contributed by atoms with Gasteiger partial charge >= 0.3 is 0 Å². The Morgan fingerprint density at radius 3 is 2.44 bits per heavy atom. The molecule has 0 spiro atoms. The summed E-state index contributed by atoms with van der Waals surface area (Å²) in [6.45, 7) is 3.92. The summed E-state index contributed by atoms with van der Waals surface area (Å²) in [7, 11) is 0. The molecule has 0 bridgehead atoms. The number of rotatable bonds is 3. The SMILES string of the molecule is Cc1cc(C)n(-c2nnc(Nc3cccc(F)c3)c3ccccc23)n1. The first-order valence-electron chi connectivity index (χ1n) is 7.93. The first-order chi connectivity index (χ1) is 12.1. The van der Waals surface area contributed by atoms with Gasteiger partial charge in [0.1, 0.15) is 5.82 Å². The Balaban J connectivity index is 1.86. The first kappa shape index (κ1) is 15.3. The standard InChI is InChI=1S/C19H16FN5/c1-12-10-13(2)25(24-12)19-17-9-4-3-8-16(17)18(22-23-19)21-15-7-5-6-14(20)11-15/h3-11H,1-2H3,(H,21,22). The van der Waals surface area contributed by atoms with Gasteiger partial charge in [-0.15, -0.1) is 10.2 Å². The lowest BCUT2D eigenvalue weighted by molar-refractivity contribution is 0.628. The van der Waals surface area contributed by atoms with Gasteiger partial charge in [-0.1, -0.05) is 30.3 Å². The Bertz CT molecular complexity index is 1070. The van der Waals surface area contributed by atoms with Crippen LogP contribution in [0.15, 0.2) is 54.6 Å². The molecule has 2 aromatic carbocycles. The smallest absolute Gasteiger partial charge is 0.183 e. The Labute approximate surface area is 144 Å². The third-order valence-electron chi connectivity index (χ3n) is 3.97. The second-order valence-corrected chi connectivity index (χ2v) is 5.89. The fraction of sp³-hybridized carbons (Fsp3) is 0.105. The second kappa shape index (κ2) is 5.98. The molecule has 0 aliphatic rings. The number of hydrogen-bond acceptors (Lipinski definition) is 4. The van der Waals surface area contributed by atoms with Crippen molar-refractivity contribution in [3.63, 3.8) is 0 Å². The fourth-order valence-electron chi connectivity index (χ4n) is 2.88. The number of halogens is 1. The van der Waals surface area contributed by atoms with Crippen LogP contribution in [0.1, 0.15) is 11.4 Å². The van der Waals surface area contributed by atoms with Gasteiger partial charge in [0.15, 0.2) is 11.6 Å². The van der Waals surface area contributed by atoms with Crippen molar-refractivity contribution in [1.82, 2.24) is 20.0 Å². The maximum absolute atomic E-state index is 13.4. The predicted molar refractivity (Wildman–Crippen MR) is 95.8 cm³/mol. The molecule has 0 saturated carbocycles. The third kappa shape index (κ3) is 2.82. The minimum atomic E-state index is -0.304. The summed E-state index contributed by atoms with van der Waals surface area (Å²) in [5.41, 5.74) is 2.53. The molecule has 0 fully saturated rings. The molecule has 4 aromatic rings. The predicted octanol–water partition coefficient (Wildman–Crippen LogP) is 4.32. The molecule has 5 nitrogen and oxygen atoms in total. The Morgan fingerprint density at radius 2 is 1.72 bits per heavy atom. The number of fused-ring (bicyclic) bond motifs is 1. The van der Waals surface area contributed by atoms with Crippen LogP contribution in [0.2, 0.25) is 0 Å². The summed E-state index contributed by atoms with van der Waals surface area (Å²) in [5, 5.41) is 18.1. The van der Waals surface area contributed by atoms with E-state index in [2.05, 4.69) is 20.6 Å². The quantitative estimate of drug-likeness (QED) is 0.607. The van der Waals surface area contributed by atoms with E-state index in [0.717, 1.165) is 22.2 Å². The molecule has 2 heterocycles. The normalized spacial score (nSPS) is 11.0. The average Bonchev–Trinajstić information content (AvgIpc) is 2.93. The van der Waals surface area contributed by atoms with E-state index in [0.29, 0.717) is 17.3 Å². The monoisotopic (exact) mass is 333 g/mol. The fourth-order valence-corrected chi connectivity index (χ4v) is 2.88. The van der Waals surface area contributed by atoms with E-state index in [9.17, 15) is 4.39 Å². The number of nitrogens with one attached hydrogen (secondary N) is 1. The second-order valence-electron chi connectivity index (χ2n) is 5.89. The lowest BCUT2D eigenvalue weighted by atomic mass is 10.1. The molecule has 0 unspecified atom stereocenters. The van der Waals surface area contributed by atoms with Crippen molar-refractivity contribution in [2.24, 2.45) is 0 Å². The number of hydrogen-bond donors (Lipinski definition) is 1. The summed E-state index contributed by atoms with van der Waals surface area (Å²) < 4.78 is 15.2. The Morgan fingerprint density at radius 1 is 0.920 bits per heavy atom. The minimum Gasteiger partial charge on any atom is -0.338 e. The lowest BCUT2D eigenvalue weighted by Crippen LogP contribution is -2.06. The zero-order valence-electron chi connectivity index (χ0n) is 13.9. The zero-order chi connectivity index (χ0) is 17.4. The molecule has 124 valence electrons. The van der Waals surface area contributed by atoms with Crippen LogP contribution in [0.3, 0.4) is 0 Å². The molecular weight excluding hydrogens is 317 g/mol. The van der Waals surface area contributed by atoms with Crippen LogP contribution < -0.4 is 5.32 Å². The largest absolute Gasteiger partial charge is 0.338 e.